The molecule has 0 atom stereocenters. The van der Waals surface area contributed by atoms with Gasteiger partial charge in [0.15, 0.2) is 0 Å². The van der Waals surface area contributed by atoms with Crippen LogP contribution in [0.2, 0.25) is 0 Å². The molecule has 0 unspecified atom stereocenters. The molecular formula is C25H23FN4O3S. The van der Waals surface area contributed by atoms with E-state index in [0.717, 1.165) is 16.3 Å². The van der Waals surface area contributed by atoms with Gasteiger partial charge < -0.3 is 20.4 Å². The molecule has 0 saturated heterocycles. The lowest BCUT2D eigenvalue weighted by atomic mass is 10.2. The highest BCUT2D eigenvalue weighted by molar-refractivity contribution is 7.13. The fraction of sp³-hybridized carbons (Fsp3) is 0.160. The molecule has 0 saturated carbocycles. The van der Waals surface area contributed by atoms with Crippen LogP contribution in [0, 0.1) is 19.7 Å². The van der Waals surface area contributed by atoms with Gasteiger partial charge in [-0.05, 0) is 38.1 Å². The molecule has 4 rings (SSSR count). The highest BCUT2D eigenvalue weighted by Gasteiger charge is 2.15. The fourth-order valence-electron chi connectivity index (χ4n) is 3.24. The van der Waals surface area contributed by atoms with Gasteiger partial charge in [-0.15, -0.1) is 11.3 Å². The van der Waals surface area contributed by atoms with Crippen LogP contribution >= 0.6 is 11.3 Å². The Labute approximate surface area is 200 Å². The molecule has 7 nitrogen and oxygen atoms in total. The minimum atomic E-state index is -0.617. The summed E-state index contributed by atoms with van der Waals surface area (Å²) < 4.78 is 19.3. The van der Waals surface area contributed by atoms with E-state index < -0.39 is 17.8 Å². The molecule has 2 aromatic carbocycles. The van der Waals surface area contributed by atoms with E-state index >= 15 is 0 Å². The van der Waals surface area contributed by atoms with Gasteiger partial charge in [0, 0.05) is 29.6 Å². The lowest BCUT2D eigenvalue weighted by Gasteiger charge is -2.10. The molecule has 0 bridgehead atoms. The smallest absolute Gasteiger partial charge is 0.319 e. The monoisotopic (exact) mass is 478 g/mol. The van der Waals surface area contributed by atoms with Crippen LogP contribution in [-0.4, -0.2) is 23.5 Å². The van der Waals surface area contributed by atoms with Gasteiger partial charge in [-0.1, -0.05) is 29.8 Å². The van der Waals surface area contributed by atoms with E-state index in [1.54, 1.807) is 18.3 Å². The molecule has 0 spiro atoms. The van der Waals surface area contributed by atoms with E-state index in [0.29, 0.717) is 30.0 Å². The Bertz CT molecular complexity index is 1310. The van der Waals surface area contributed by atoms with E-state index in [2.05, 4.69) is 20.9 Å². The Hall–Kier alpha value is -3.98. The number of carbonyl (C=O) groups excluding carboxylic acids is 2. The number of benzene rings is 2. The summed E-state index contributed by atoms with van der Waals surface area (Å²) in [6.07, 6.45) is 1.96. The third kappa shape index (κ3) is 5.68. The van der Waals surface area contributed by atoms with Gasteiger partial charge in [-0.25, -0.2) is 14.2 Å². The van der Waals surface area contributed by atoms with Crippen molar-refractivity contribution in [3.63, 3.8) is 0 Å². The number of furan rings is 1. The number of nitrogens with zero attached hydrogens (tertiary/aromatic N) is 1. The SMILES string of the molecule is Cc1ccc(-c2nc(CCNC(=O)Nc3ccc(F)c(NC(=O)c4ccoc4C)c3)cs2)cc1. The molecule has 174 valence electrons. The number of urea groups is 1. The molecule has 3 N–H and O–H groups in total. The number of rotatable bonds is 7. The van der Waals surface area contributed by atoms with Crippen molar-refractivity contribution in [1.29, 1.82) is 0 Å². The van der Waals surface area contributed by atoms with Gasteiger partial charge in [0.1, 0.15) is 16.6 Å². The summed E-state index contributed by atoms with van der Waals surface area (Å²) in [4.78, 5) is 29.2. The fourth-order valence-corrected chi connectivity index (χ4v) is 4.10. The average Bonchev–Trinajstić information content (AvgIpc) is 3.46. The number of halogens is 1. The molecule has 34 heavy (non-hydrogen) atoms. The molecule has 4 aromatic rings. The van der Waals surface area contributed by atoms with Crippen molar-refractivity contribution in [3.05, 3.63) is 88.6 Å². The first-order valence-electron chi connectivity index (χ1n) is 10.6. The zero-order valence-corrected chi connectivity index (χ0v) is 19.5. The number of amides is 3. The number of hydrogen-bond acceptors (Lipinski definition) is 5. The maximum atomic E-state index is 14.2. The summed E-state index contributed by atoms with van der Waals surface area (Å²) in [5.74, 6) is -0.689. The minimum Gasteiger partial charge on any atom is -0.469 e. The van der Waals surface area contributed by atoms with E-state index in [9.17, 15) is 14.0 Å². The molecule has 0 fully saturated rings. The Morgan fingerprint density at radius 3 is 2.59 bits per heavy atom. The second-order valence-electron chi connectivity index (χ2n) is 7.68. The largest absolute Gasteiger partial charge is 0.469 e. The summed E-state index contributed by atoms with van der Waals surface area (Å²) in [5.41, 5.74) is 3.75. The van der Waals surface area contributed by atoms with Crippen molar-refractivity contribution < 1.29 is 18.4 Å². The van der Waals surface area contributed by atoms with Crippen LogP contribution in [0.15, 0.2) is 64.6 Å². The summed E-state index contributed by atoms with van der Waals surface area (Å²) in [7, 11) is 0. The number of aryl methyl sites for hydroxylation is 2. The Morgan fingerprint density at radius 1 is 1.06 bits per heavy atom. The predicted molar refractivity (Wildman–Crippen MR) is 131 cm³/mol. The maximum Gasteiger partial charge on any atom is 0.319 e. The summed E-state index contributed by atoms with van der Waals surface area (Å²) >= 11 is 1.56. The van der Waals surface area contributed by atoms with Crippen molar-refractivity contribution in [2.24, 2.45) is 0 Å². The average molecular weight is 479 g/mol. The lowest BCUT2D eigenvalue weighted by molar-refractivity contribution is 0.102. The van der Waals surface area contributed by atoms with Crippen molar-refractivity contribution >= 4 is 34.6 Å². The van der Waals surface area contributed by atoms with Gasteiger partial charge in [0.2, 0.25) is 0 Å². The van der Waals surface area contributed by atoms with Crippen molar-refractivity contribution in [2.45, 2.75) is 20.3 Å². The molecular weight excluding hydrogens is 455 g/mol. The Balaban J connectivity index is 1.29. The van der Waals surface area contributed by atoms with Crippen LogP contribution in [0.3, 0.4) is 0 Å². The first kappa shape index (κ1) is 23.2. The van der Waals surface area contributed by atoms with Crippen LogP contribution in [0.4, 0.5) is 20.6 Å². The molecule has 0 radical (unpaired) electrons. The quantitative estimate of drug-likeness (QED) is 0.314. The number of carbonyl (C=O) groups is 2. The molecule has 0 aliphatic rings. The Kier molecular flexibility index (Phi) is 7.03. The zero-order chi connectivity index (χ0) is 24.1. The number of hydrogen-bond donors (Lipinski definition) is 3. The third-order valence-corrected chi connectivity index (χ3v) is 6.03. The van der Waals surface area contributed by atoms with Gasteiger partial charge in [-0.2, -0.15) is 0 Å². The van der Waals surface area contributed by atoms with E-state index in [4.69, 9.17) is 4.42 Å². The van der Waals surface area contributed by atoms with Crippen molar-refractivity contribution in [3.8, 4) is 10.6 Å². The minimum absolute atomic E-state index is 0.0468. The van der Waals surface area contributed by atoms with Crippen molar-refractivity contribution in [2.75, 3.05) is 17.2 Å². The highest BCUT2D eigenvalue weighted by atomic mass is 32.1. The first-order valence-corrected chi connectivity index (χ1v) is 11.5. The normalized spacial score (nSPS) is 10.7. The third-order valence-electron chi connectivity index (χ3n) is 5.09. The molecule has 2 aromatic heterocycles. The van der Waals surface area contributed by atoms with E-state index in [1.807, 2.05) is 36.6 Å². The summed E-state index contributed by atoms with van der Waals surface area (Å²) in [5, 5.41) is 10.8. The molecule has 0 aliphatic heterocycles. The first-order chi connectivity index (χ1) is 16.4. The zero-order valence-electron chi connectivity index (χ0n) is 18.6. The van der Waals surface area contributed by atoms with Crippen LogP contribution < -0.4 is 16.0 Å². The topological polar surface area (TPSA) is 96.3 Å². The van der Waals surface area contributed by atoms with Crippen LogP contribution in [-0.2, 0) is 6.42 Å². The molecule has 3 amide bonds. The highest BCUT2D eigenvalue weighted by Crippen LogP contribution is 2.24. The molecule has 9 heteroatoms. The van der Waals surface area contributed by atoms with Gasteiger partial charge in [0.25, 0.3) is 5.91 Å². The number of nitrogens with one attached hydrogen (secondary N) is 3. The second kappa shape index (κ2) is 10.3. The molecule has 2 heterocycles. The van der Waals surface area contributed by atoms with Crippen LogP contribution in [0.5, 0.6) is 0 Å². The van der Waals surface area contributed by atoms with Gasteiger partial charge >= 0.3 is 6.03 Å². The van der Waals surface area contributed by atoms with E-state index in [-0.39, 0.29) is 5.69 Å². The van der Waals surface area contributed by atoms with Crippen LogP contribution in [0.25, 0.3) is 10.6 Å². The second-order valence-corrected chi connectivity index (χ2v) is 8.54. The molecule has 0 aliphatic carbocycles. The van der Waals surface area contributed by atoms with Crippen LogP contribution in [0.1, 0.15) is 27.4 Å². The number of anilines is 2. The van der Waals surface area contributed by atoms with Gasteiger partial charge in [0.05, 0.1) is 23.2 Å². The number of thiazole rings is 1. The standard InChI is InChI=1S/C25H23FN4O3S/c1-15-3-5-17(6-4-15)24-28-19(14-34-24)9-11-27-25(32)29-18-7-8-21(26)22(13-18)30-23(31)20-10-12-33-16(20)2/h3-8,10,12-14H,9,11H2,1-2H3,(H,30,31)(H2,27,29,32). The van der Waals surface area contributed by atoms with Gasteiger partial charge in [-0.3, -0.25) is 4.79 Å². The lowest BCUT2D eigenvalue weighted by Crippen LogP contribution is -2.30. The summed E-state index contributed by atoms with van der Waals surface area (Å²) in [6.45, 7) is 4.06. The predicted octanol–water partition coefficient (Wildman–Crippen LogP) is 5.78. The van der Waals surface area contributed by atoms with Crippen molar-refractivity contribution in [1.82, 2.24) is 10.3 Å². The Morgan fingerprint density at radius 2 is 1.85 bits per heavy atom. The summed E-state index contributed by atoms with van der Waals surface area (Å²) in [6, 6.07) is 13.2. The maximum absolute atomic E-state index is 14.2. The number of aromatic nitrogens is 1. The van der Waals surface area contributed by atoms with E-state index in [1.165, 1.54) is 36.1 Å².